The quantitative estimate of drug-likeness (QED) is 0.643. The zero-order valence-electron chi connectivity index (χ0n) is 10.9. The molecule has 0 unspecified atom stereocenters. The molecule has 0 radical (unpaired) electrons. The first-order chi connectivity index (χ1) is 9.50. The lowest BCUT2D eigenvalue weighted by Gasteiger charge is -2.27. The number of fused-ring (bicyclic) bond motifs is 1. The smallest absolute Gasteiger partial charge is 0.294 e. The Kier molecular flexibility index (Phi) is 3.12. The standard InChI is InChI=1S/C13H15NO6/c1-8-2-4-9(5-3-8)13(15)7-19-11-10(20-14(16)17)6-18-12(11)13/h2-5,10-12,15H,6-7H2,1H3/t10-,11+,12-,13-/m0/s1. The second-order valence-corrected chi connectivity index (χ2v) is 5.19. The monoisotopic (exact) mass is 281 g/mol. The van der Waals surface area contributed by atoms with Crippen molar-refractivity contribution in [3.8, 4) is 0 Å². The van der Waals surface area contributed by atoms with Crippen molar-refractivity contribution in [1.82, 2.24) is 0 Å². The Hall–Kier alpha value is -1.70. The van der Waals surface area contributed by atoms with Gasteiger partial charge in [0.15, 0.2) is 6.10 Å². The van der Waals surface area contributed by atoms with Gasteiger partial charge in [0.05, 0.1) is 13.2 Å². The van der Waals surface area contributed by atoms with Crippen molar-refractivity contribution in [3.05, 3.63) is 45.5 Å². The van der Waals surface area contributed by atoms with E-state index in [-0.39, 0.29) is 13.2 Å². The maximum atomic E-state index is 10.8. The largest absolute Gasteiger partial charge is 0.380 e. The molecule has 1 aromatic carbocycles. The highest BCUT2D eigenvalue weighted by Crippen LogP contribution is 2.41. The SMILES string of the molecule is Cc1ccc([C@@]2(O)CO[C@@H]3[C@@H](O[N+](=O)[O-])CO[C@@H]32)cc1. The van der Waals surface area contributed by atoms with E-state index in [1.54, 1.807) is 0 Å². The van der Waals surface area contributed by atoms with Crippen molar-refractivity contribution in [2.45, 2.75) is 30.8 Å². The number of nitrogens with zero attached hydrogens (tertiary/aromatic N) is 1. The summed E-state index contributed by atoms with van der Waals surface area (Å²) in [5.41, 5.74) is 0.458. The third-order valence-electron chi connectivity index (χ3n) is 3.84. The van der Waals surface area contributed by atoms with Crippen LogP contribution in [0.3, 0.4) is 0 Å². The zero-order valence-corrected chi connectivity index (χ0v) is 10.9. The van der Waals surface area contributed by atoms with Crippen LogP contribution in [-0.2, 0) is 19.9 Å². The first-order valence-electron chi connectivity index (χ1n) is 6.34. The molecule has 108 valence electrons. The van der Waals surface area contributed by atoms with Gasteiger partial charge in [-0.2, -0.15) is 0 Å². The Balaban J connectivity index is 1.83. The van der Waals surface area contributed by atoms with Crippen molar-refractivity contribution in [1.29, 1.82) is 0 Å². The molecular weight excluding hydrogens is 266 g/mol. The lowest BCUT2D eigenvalue weighted by atomic mass is 9.88. The summed E-state index contributed by atoms with van der Waals surface area (Å²) >= 11 is 0. The maximum absolute atomic E-state index is 10.8. The van der Waals surface area contributed by atoms with Crippen LogP contribution in [0.15, 0.2) is 24.3 Å². The van der Waals surface area contributed by atoms with Gasteiger partial charge in [0, 0.05) is 0 Å². The van der Waals surface area contributed by atoms with E-state index in [4.69, 9.17) is 9.47 Å². The van der Waals surface area contributed by atoms with Crippen molar-refractivity contribution in [3.63, 3.8) is 0 Å². The van der Waals surface area contributed by atoms with E-state index in [0.29, 0.717) is 5.56 Å². The summed E-state index contributed by atoms with van der Waals surface area (Å²) in [5, 5.41) is 20.4. The van der Waals surface area contributed by atoms with Gasteiger partial charge < -0.3 is 19.4 Å². The molecule has 2 heterocycles. The van der Waals surface area contributed by atoms with E-state index >= 15 is 0 Å². The van der Waals surface area contributed by atoms with Gasteiger partial charge in [0.25, 0.3) is 5.09 Å². The van der Waals surface area contributed by atoms with Crippen LogP contribution in [0.1, 0.15) is 11.1 Å². The molecule has 1 N–H and O–H groups in total. The number of hydrogen-bond donors (Lipinski definition) is 1. The highest BCUT2D eigenvalue weighted by molar-refractivity contribution is 5.30. The van der Waals surface area contributed by atoms with Crippen LogP contribution in [0.5, 0.6) is 0 Å². The molecular formula is C13H15NO6. The summed E-state index contributed by atoms with van der Waals surface area (Å²) in [6.07, 6.45) is -2.09. The fraction of sp³-hybridized carbons (Fsp3) is 0.538. The molecule has 0 bridgehead atoms. The number of aryl methyl sites for hydroxylation is 1. The molecule has 2 saturated heterocycles. The number of rotatable bonds is 3. The normalized spacial score (nSPS) is 35.8. The number of hydrogen-bond acceptors (Lipinski definition) is 6. The summed E-state index contributed by atoms with van der Waals surface area (Å²) in [6.45, 7) is 2.02. The van der Waals surface area contributed by atoms with Crippen LogP contribution in [0.2, 0.25) is 0 Å². The Labute approximate surface area is 115 Å². The molecule has 1 aromatic rings. The van der Waals surface area contributed by atoms with Crippen molar-refractivity contribution >= 4 is 0 Å². The number of ether oxygens (including phenoxy) is 2. The molecule has 7 nitrogen and oxygen atoms in total. The third-order valence-corrected chi connectivity index (χ3v) is 3.84. The molecule has 3 rings (SSSR count). The fourth-order valence-electron chi connectivity index (χ4n) is 2.78. The molecule has 2 aliphatic heterocycles. The Bertz CT molecular complexity index is 518. The van der Waals surface area contributed by atoms with E-state index in [2.05, 4.69) is 4.84 Å². The van der Waals surface area contributed by atoms with Gasteiger partial charge in [-0.05, 0) is 12.5 Å². The van der Waals surface area contributed by atoms with Crippen LogP contribution in [0, 0.1) is 17.0 Å². The van der Waals surface area contributed by atoms with E-state index in [1.807, 2.05) is 31.2 Å². The second kappa shape index (κ2) is 4.69. The highest BCUT2D eigenvalue weighted by Gasteiger charge is 2.57. The van der Waals surface area contributed by atoms with E-state index in [9.17, 15) is 15.2 Å². The Morgan fingerprint density at radius 1 is 1.40 bits per heavy atom. The molecule has 0 aromatic heterocycles. The first-order valence-corrected chi connectivity index (χ1v) is 6.34. The molecule has 4 atom stereocenters. The van der Waals surface area contributed by atoms with Crippen LogP contribution < -0.4 is 0 Å². The minimum Gasteiger partial charge on any atom is -0.380 e. The van der Waals surface area contributed by atoms with Crippen LogP contribution in [0.4, 0.5) is 0 Å². The summed E-state index contributed by atoms with van der Waals surface area (Å²) in [7, 11) is 0. The van der Waals surface area contributed by atoms with E-state index < -0.39 is 29.0 Å². The highest BCUT2D eigenvalue weighted by atomic mass is 17.0. The summed E-state index contributed by atoms with van der Waals surface area (Å²) in [4.78, 5) is 15.0. The minimum absolute atomic E-state index is 0.0307. The molecule has 0 spiro atoms. The molecule has 0 amide bonds. The van der Waals surface area contributed by atoms with Crippen LogP contribution in [-0.4, -0.2) is 41.7 Å². The zero-order chi connectivity index (χ0) is 14.3. The summed E-state index contributed by atoms with van der Waals surface area (Å²) in [5.74, 6) is 0. The van der Waals surface area contributed by atoms with Gasteiger partial charge in [-0.3, -0.25) is 0 Å². The Morgan fingerprint density at radius 2 is 2.10 bits per heavy atom. The molecule has 2 fully saturated rings. The van der Waals surface area contributed by atoms with Crippen molar-refractivity contribution in [2.24, 2.45) is 0 Å². The summed E-state index contributed by atoms with van der Waals surface area (Å²) < 4.78 is 11.0. The van der Waals surface area contributed by atoms with E-state index in [1.165, 1.54) is 0 Å². The van der Waals surface area contributed by atoms with Crippen LogP contribution >= 0.6 is 0 Å². The fourth-order valence-corrected chi connectivity index (χ4v) is 2.78. The van der Waals surface area contributed by atoms with Gasteiger partial charge in [0.2, 0.25) is 0 Å². The lowest BCUT2D eigenvalue weighted by molar-refractivity contribution is -0.769. The predicted octanol–water partition coefficient (Wildman–Crippen LogP) is 0.557. The Morgan fingerprint density at radius 3 is 2.75 bits per heavy atom. The lowest BCUT2D eigenvalue weighted by Crippen LogP contribution is -2.41. The average Bonchev–Trinajstić information content (AvgIpc) is 2.93. The molecule has 0 aliphatic carbocycles. The van der Waals surface area contributed by atoms with Gasteiger partial charge in [-0.25, -0.2) is 0 Å². The minimum atomic E-state index is -1.30. The second-order valence-electron chi connectivity index (χ2n) is 5.19. The van der Waals surface area contributed by atoms with Gasteiger partial charge >= 0.3 is 0 Å². The maximum Gasteiger partial charge on any atom is 0.294 e. The molecule has 0 saturated carbocycles. The average molecular weight is 281 g/mol. The van der Waals surface area contributed by atoms with Gasteiger partial charge in [-0.15, -0.1) is 10.1 Å². The number of aliphatic hydroxyl groups is 1. The molecule has 7 heteroatoms. The third kappa shape index (κ3) is 2.04. The van der Waals surface area contributed by atoms with E-state index in [0.717, 1.165) is 5.56 Å². The number of benzene rings is 1. The van der Waals surface area contributed by atoms with Crippen molar-refractivity contribution < 1.29 is 24.5 Å². The first kappa shape index (κ1) is 13.3. The molecule has 2 aliphatic rings. The van der Waals surface area contributed by atoms with Crippen LogP contribution in [0.25, 0.3) is 0 Å². The van der Waals surface area contributed by atoms with Gasteiger partial charge in [-0.1, -0.05) is 29.8 Å². The van der Waals surface area contributed by atoms with Crippen molar-refractivity contribution in [2.75, 3.05) is 13.2 Å². The van der Waals surface area contributed by atoms with Gasteiger partial charge in [0.1, 0.15) is 17.8 Å². The predicted molar refractivity (Wildman–Crippen MR) is 66.4 cm³/mol. The summed E-state index contributed by atoms with van der Waals surface area (Å²) in [6, 6.07) is 7.40. The molecule has 20 heavy (non-hydrogen) atoms. The topological polar surface area (TPSA) is 91.1 Å².